The SMILES string of the molecule is COc1ccc(-c2c(NCc3ccccn3)c(=O)c2=O)cc1. The predicted molar refractivity (Wildman–Crippen MR) is 84.9 cm³/mol. The maximum atomic E-state index is 11.8. The number of methoxy groups -OCH3 is 1. The average molecular weight is 294 g/mol. The first kappa shape index (κ1) is 14.0. The molecule has 1 heterocycles. The molecule has 0 spiro atoms. The van der Waals surface area contributed by atoms with Gasteiger partial charge in [-0.2, -0.15) is 0 Å². The fourth-order valence-corrected chi connectivity index (χ4v) is 2.28. The smallest absolute Gasteiger partial charge is 0.250 e. The Bertz CT molecular complexity index is 848. The van der Waals surface area contributed by atoms with E-state index >= 15 is 0 Å². The lowest BCUT2D eigenvalue weighted by molar-refractivity contribution is 0.415. The Balaban J connectivity index is 1.85. The van der Waals surface area contributed by atoms with Crippen LogP contribution in [-0.2, 0) is 6.54 Å². The molecule has 3 aromatic rings. The third-order valence-corrected chi connectivity index (χ3v) is 3.46. The van der Waals surface area contributed by atoms with E-state index in [0.717, 1.165) is 5.69 Å². The monoisotopic (exact) mass is 294 g/mol. The van der Waals surface area contributed by atoms with Crippen LogP contribution in [0.1, 0.15) is 5.69 Å². The van der Waals surface area contributed by atoms with E-state index in [1.54, 1.807) is 37.6 Å². The third kappa shape index (κ3) is 2.48. The van der Waals surface area contributed by atoms with Gasteiger partial charge in [-0.15, -0.1) is 0 Å². The number of nitrogens with zero attached hydrogens (tertiary/aromatic N) is 1. The van der Waals surface area contributed by atoms with Crippen LogP contribution in [0.3, 0.4) is 0 Å². The van der Waals surface area contributed by atoms with Gasteiger partial charge >= 0.3 is 0 Å². The Kier molecular flexibility index (Phi) is 3.70. The summed E-state index contributed by atoms with van der Waals surface area (Å²) in [5.41, 5.74) is 1.32. The molecule has 1 aromatic heterocycles. The van der Waals surface area contributed by atoms with Crippen molar-refractivity contribution in [1.82, 2.24) is 4.98 Å². The van der Waals surface area contributed by atoms with Gasteiger partial charge in [0.25, 0.3) is 0 Å². The number of nitrogens with one attached hydrogen (secondary N) is 1. The van der Waals surface area contributed by atoms with E-state index in [1.807, 2.05) is 18.2 Å². The van der Waals surface area contributed by atoms with Crippen LogP contribution >= 0.6 is 0 Å². The van der Waals surface area contributed by atoms with E-state index in [0.29, 0.717) is 29.1 Å². The highest BCUT2D eigenvalue weighted by Gasteiger charge is 2.21. The molecular formula is C17H14N2O3. The highest BCUT2D eigenvalue weighted by atomic mass is 16.5. The molecule has 0 fully saturated rings. The molecule has 0 saturated carbocycles. The second-order valence-corrected chi connectivity index (χ2v) is 4.81. The molecule has 110 valence electrons. The van der Waals surface area contributed by atoms with E-state index in [1.165, 1.54) is 0 Å². The fraction of sp³-hybridized carbons (Fsp3) is 0.118. The van der Waals surface area contributed by atoms with E-state index in [9.17, 15) is 9.59 Å². The van der Waals surface area contributed by atoms with Gasteiger partial charge in [-0.25, -0.2) is 0 Å². The number of ether oxygens (including phenoxy) is 1. The molecule has 5 heteroatoms. The van der Waals surface area contributed by atoms with E-state index in [-0.39, 0.29) is 0 Å². The number of pyridine rings is 1. The number of hydrogen-bond acceptors (Lipinski definition) is 5. The van der Waals surface area contributed by atoms with Gasteiger partial charge in [0, 0.05) is 6.20 Å². The molecule has 0 bridgehead atoms. The largest absolute Gasteiger partial charge is 0.497 e. The van der Waals surface area contributed by atoms with Gasteiger partial charge in [0.15, 0.2) is 0 Å². The highest BCUT2D eigenvalue weighted by molar-refractivity contribution is 5.82. The van der Waals surface area contributed by atoms with Crippen molar-refractivity contribution in [2.45, 2.75) is 6.54 Å². The van der Waals surface area contributed by atoms with Gasteiger partial charge in [0.05, 0.1) is 30.6 Å². The second kappa shape index (κ2) is 5.81. The Labute approximate surface area is 126 Å². The van der Waals surface area contributed by atoms with Crippen LogP contribution in [0.4, 0.5) is 5.69 Å². The summed E-state index contributed by atoms with van der Waals surface area (Å²) in [5.74, 6) is 0.699. The van der Waals surface area contributed by atoms with Gasteiger partial charge < -0.3 is 10.1 Å². The van der Waals surface area contributed by atoms with Crippen molar-refractivity contribution in [2.75, 3.05) is 12.4 Å². The first-order chi connectivity index (χ1) is 10.7. The van der Waals surface area contributed by atoms with E-state index in [2.05, 4.69) is 10.3 Å². The maximum Gasteiger partial charge on any atom is 0.250 e. The molecule has 0 saturated heterocycles. The molecule has 0 aliphatic heterocycles. The summed E-state index contributed by atoms with van der Waals surface area (Å²) in [7, 11) is 1.58. The molecule has 0 atom stereocenters. The topological polar surface area (TPSA) is 68.3 Å². The Morgan fingerprint density at radius 1 is 1.05 bits per heavy atom. The minimum atomic E-state index is -0.484. The van der Waals surface area contributed by atoms with Gasteiger partial charge in [-0.05, 0) is 29.8 Å². The Morgan fingerprint density at radius 2 is 1.82 bits per heavy atom. The number of benzene rings is 1. The molecule has 2 aromatic carbocycles. The fourth-order valence-electron chi connectivity index (χ4n) is 2.28. The molecular weight excluding hydrogens is 280 g/mol. The standard InChI is InChI=1S/C17H14N2O3/c1-22-13-7-5-11(6-8-13)14-15(17(21)16(14)20)19-10-12-4-2-3-9-18-12/h2-9,19H,10H2,1H3. The molecule has 3 rings (SSSR count). The molecule has 5 nitrogen and oxygen atoms in total. The summed E-state index contributed by atoms with van der Waals surface area (Å²) in [4.78, 5) is 27.8. The first-order valence-electron chi connectivity index (χ1n) is 6.82. The second-order valence-electron chi connectivity index (χ2n) is 4.81. The van der Waals surface area contributed by atoms with Crippen molar-refractivity contribution in [1.29, 1.82) is 0 Å². The van der Waals surface area contributed by atoms with E-state index < -0.39 is 10.9 Å². The van der Waals surface area contributed by atoms with Crippen molar-refractivity contribution in [3.63, 3.8) is 0 Å². The van der Waals surface area contributed by atoms with Crippen molar-refractivity contribution in [3.8, 4) is 16.9 Å². The van der Waals surface area contributed by atoms with Crippen LogP contribution in [0.2, 0.25) is 0 Å². The van der Waals surface area contributed by atoms with Gasteiger partial charge in [-0.1, -0.05) is 18.2 Å². The third-order valence-electron chi connectivity index (χ3n) is 3.46. The zero-order valence-electron chi connectivity index (χ0n) is 12.0. The summed E-state index contributed by atoms with van der Waals surface area (Å²) in [6.45, 7) is 0.398. The average Bonchev–Trinajstić information content (AvgIpc) is 2.59. The zero-order valence-corrected chi connectivity index (χ0v) is 12.0. The maximum absolute atomic E-state index is 11.8. The summed E-state index contributed by atoms with van der Waals surface area (Å²) < 4.78 is 5.09. The molecule has 0 aliphatic carbocycles. The van der Waals surface area contributed by atoms with Crippen LogP contribution in [0, 0.1) is 0 Å². The Hall–Kier alpha value is -2.95. The Morgan fingerprint density at radius 3 is 2.45 bits per heavy atom. The summed E-state index contributed by atoms with van der Waals surface area (Å²) in [5, 5.41) is 3.01. The first-order valence-corrected chi connectivity index (χ1v) is 6.82. The number of anilines is 1. The van der Waals surface area contributed by atoms with Gasteiger partial charge in [-0.3, -0.25) is 14.6 Å². The quantitative estimate of drug-likeness (QED) is 0.729. The summed E-state index contributed by atoms with van der Waals surface area (Å²) >= 11 is 0. The lowest BCUT2D eigenvalue weighted by Crippen LogP contribution is -2.36. The van der Waals surface area contributed by atoms with Crippen LogP contribution in [0.15, 0.2) is 58.3 Å². The van der Waals surface area contributed by atoms with Gasteiger partial charge in [0.2, 0.25) is 10.9 Å². The molecule has 22 heavy (non-hydrogen) atoms. The molecule has 0 amide bonds. The molecule has 0 aliphatic rings. The van der Waals surface area contributed by atoms with Gasteiger partial charge in [0.1, 0.15) is 5.75 Å². The van der Waals surface area contributed by atoms with Crippen molar-refractivity contribution in [2.24, 2.45) is 0 Å². The van der Waals surface area contributed by atoms with Crippen LogP contribution < -0.4 is 20.9 Å². The minimum absolute atomic E-state index is 0.348. The van der Waals surface area contributed by atoms with Crippen molar-refractivity contribution < 1.29 is 4.74 Å². The predicted octanol–water partition coefficient (Wildman–Crippen LogP) is 1.97. The lowest BCUT2D eigenvalue weighted by Gasteiger charge is -2.13. The molecule has 1 N–H and O–H groups in total. The zero-order chi connectivity index (χ0) is 15.5. The number of rotatable bonds is 5. The van der Waals surface area contributed by atoms with E-state index in [4.69, 9.17) is 4.74 Å². The highest BCUT2D eigenvalue weighted by Crippen LogP contribution is 2.25. The van der Waals surface area contributed by atoms with Crippen LogP contribution in [0.25, 0.3) is 11.1 Å². The summed E-state index contributed by atoms with van der Waals surface area (Å²) in [6.07, 6.45) is 1.68. The minimum Gasteiger partial charge on any atom is -0.497 e. The van der Waals surface area contributed by atoms with Crippen molar-refractivity contribution in [3.05, 3.63) is 74.8 Å². The lowest BCUT2D eigenvalue weighted by atomic mass is 9.98. The number of aromatic nitrogens is 1. The molecule has 0 radical (unpaired) electrons. The van der Waals surface area contributed by atoms with Crippen molar-refractivity contribution >= 4 is 5.69 Å². The summed E-state index contributed by atoms with van der Waals surface area (Å²) in [6, 6.07) is 12.6. The molecule has 0 unspecified atom stereocenters. The van der Waals surface area contributed by atoms with Crippen LogP contribution in [-0.4, -0.2) is 12.1 Å². The normalized spacial score (nSPS) is 10.6. The van der Waals surface area contributed by atoms with Crippen LogP contribution in [0.5, 0.6) is 5.75 Å². The number of hydrogen-bond donors (Lipinski definition) is 1.